The van der Waals surface area contributed by atoms with Crippen molar-refractivity contribution in [2.24, 2.45) is 4.99 Å². The number of allylic oxidation sites excluding steroid dienone is 1. The molecule has 0 N–H and O–H groups in total. The van der Waals surface area contributed by atoms with E-state index in [9.17, 15) is 19.7 Å². The zero-order chi connectivity index (χ0) is 26.9. The Morgan fingerprint density at radius 1 is 1.22 bits per heavy atom. The van der Waals surface area contributed by atoms with E-state index in [1.54, 1.807) is 58.0 Å². The van der Waals surface area contributed by atoms with Crippen LogP contribution in [0.15, 0.2) is 63.5 Å². The van der Waals surface area contributed by atoms with Gasteiger partial charge in [-0.25, -0.2) is 9.79 Å². The Morgan fingerprint density at radius 2 is 1.92 bits per heavy atom. The zero-order valence-electron chi connectivity index (χ0n) is 21.2. The van der Waals surface area contributed by atoms with Crippen molar-refractivity contribution in [3.05, 3.63) is 100 Å². The Hall–Kier alpha value is -4.05. The Morgan fingerprint density at radius 3 is 2.54 bits per heavy atom. The minimum Gasteiger partial charge on any atom is -0.494 e. The highest BCUT2D eigenvalue weighted by Gasteiger charge is 2.33. The number of thiazole rings is 1. The van der Waals surface area contributed by atoms with Crippen molar-refractivity contribution in [2.75, 3.05) is 6.61 Å². The molecule has 1 aliphatic heterocycles. The normalized spacial score (nSPS) is 15.4. The molecule has 4 rings (SSSR count). The van der Waals surface area contributed by atoms with Gasteiger partial charge in [0.25, 0.3) is 11.2 Å². The van der Waals surface area contributed by atoms with Crippen molar-refractivity contribution in [1.82, 2.24) is 4.57 Å². The number of fused-ring (bicyclic) bond motifs is 1. The van der Waals surface area contributed by atoms with E-state index in [4.69, 9.17) is 9.47 Å². The molecule has 192 valence electrons. The number of rotatable bonds is 7. The maximum atomic E-state index is 13.7. The van der Waals surface area contributed by atoms with Gasteiger partial charge in [0.2, 0.25) is 0 Å². The molecular weight excluding hydrogens is 494 g/mol. The van der Waals surface area contributed by atoms with E-state index in [1.165, 1.54) is 10.6 Å². The van der Waals surface area contributed by atoms with Crippen LogP contribution in [0, 0.1) is 17.0 Å². The molecule has 9 nitrogen and oxygen atoms in total. The third-order valence-electron chi connectivity index (χ3n) is 5.82. The van der Waals surface area contributed by atoms with Crippen LogP contribution in [-0.4, -0.2) is 28.2 Å². The summed E-state index contributed by atoms with van der Waals surface area (Å²) in [6, 6.07) is 11.3. The molecule has 0 amide bonds. The van der Waals surface area contributed by atoms with E-state index in [0.717, 1.165) is 11.3 Å². The molecule has 0 radical (unpaired) electrons. The molecule has 0 saturated heterocycles. The Kier molecular flexibility index (Phi) is 7.40. The van der Waals surface area contributed by atoms with Crippen LogP contribution in [0.25, 0.3) is 6.08 Å². The SMILES string of the molecule is CCOc1ccc([C@H]2C(C(=O)OC(C)C)=C(C)N=c3s/c(=C\c4ccc(C)c([N+](=O)[O-])c4)c(=O)n32)cc1. The summed E-state index contributed by atoms with van der Waals surface area (Å²) >= 11 is 1.16. The van der Waals surface area contributed by atoms with E-state index >= 15 is 0 Å². The number of hydrogen-bond donors (Lipinski definition) is 0. The average molecular weight is 522 g/mol. The molecule has 1 aromatic heterocycles. The van der Waals surface area contributed by atoms with Gasteiger partial charge in [0.05, 0.1) is 39.5 Å². The summed E-state index contributed by atoms with van der Waals surface area (Å²) in [5.74, 6) is 0.130. The first kappa shape index (κ1) is 26.0. The number of aromatic nitrogens is 1. The highest BCUT2D eigenvalue weighted by molar-refractivity contribution is 7.07. The molecule has 0 spiro atoms. The monoisotopic (exact) mass is 521 g/mol. The van der Waals surface area contributed by atoms with Crippen molar-refractivity contribution >= 4 is 29.1 Å². The minimum atomic E-state index is -0.757. The largest absolute Gasteiger partial charge is 0.494 e. The topological polar surface area (TPSA) is 113 Å². The summed E-state index contributed by atoms with van der Waals surface area (Å²) in [4.78, 5) is 42.8. The number of carbonyl (C=O) groups is 1. The number of nitro benzene ring substituents is 1. The predicted molar refractivity (Wildman–Crippen MR) is 140 cm³/mol. The molecule has 0 fully saturated rings. The van der Waals surface area contributed by atoms with Gasteiger partial charge in [-0.05, 0) is 64.0 Å². The van der Waals surface area contributed by atoms with Crippen molar-refractivity contribution in [1.29, 1.82) is 0 Å². The fourth-order valence-electron chi connectivity index (χ4n) is 4.15. The summed E-state index contributed by atoms with van der Waals surface area (Å²) in [6.07, 6.45) is 1.26. The van der Waals surface area contributed by atoms with Gasteiger partial charge in [-0.3, -0.25) is 19.5 Å². The van der Waals surface area contributed by atoms with Gasteiger partial charge < -0.3 is 9.47 Å². The van der Waals surface area contributed by atoms with Crippen LogP contribution in [0.2, 0.25) is 0 Å². The number of benzene rings is 2. The summed E-state index contributed by atoms with van der Waals surface area (Å²) < 4.78 is 12.9. The summed E-state index contributed by atoms with van der Waals surface area (Å²) in [6.45, 7) is 9.30. The average Bonchev–Trinajstić information content (AvgIpc) is 3.13. The molecule has 2 aromatic carbocycles. The maximum Gasteiger partial charge on any atom is 0.338 e. The van der Waals surface area contributed by atoms with Crippen LogP contribution < -0.4 is 19.6 Å². The summed E-state index contributed by atoms with van der Waals surface area (Å²) in [5, 5.41) is 11.4. The number of hydrogen-bond acceptors (Lipinski definition) is 8. The highest BCUT2D eigenvalue weighted by Crippen LogP contribution is 2.32. The molecule has 1 atom stereocenters. The third-order valence-corrected chi connectivity index (χ3v) is 6.80. The van der Waals surface area contributed by atoms with Gasteiger partial charge in [0.1, 0.15) is 5.75 Å². The lowest BCUT2D eigenvalue weighted by Crippen LogP contribution is -2.40. The second-order valence-electron chi connectivity index (χ2n) is 8.84. The lowest BCUT2D eigenvalue weighted by atomic mass is 9.96. The molecule has 0 saturated carbocycles. The second-order valence-corrected chi connectivity index (χ2v) is 9.85. The number of esters is 1. The Bertz CT molecular complexity index is 1580. The van der Waals surface area contributed by atoms with Crippen LogP contribution >= 0.6 is 11.3 Å². The first-order chi connectivity index (χ1) is 17.6. The molecule has 3 aromatic rings. The van der Waals surface area contributed by atoms with E-state index < -0.39 is 16.9 Å². The van der Waals surface area contributed by atoms with Gasteiger partial charge in [0, 0.05) is 11.6 Å². The van der Waals surface area contributed by atoms with Gasteiger partial charge in [0.15, 0.2) is 4.80 Å². The van der Waals surface area contributed by atoms with Crippen LogP contribution in [0.4, 0.5) is 5.69 Å². The predicted octanol–water partition coefficient (Wildman–Crippen LogP) is 3.80. The van der Waals surface area contributed by atoms with Crippen molar-refractivity contribution < 1.29 is 19.2 Å². The van der Waals surface area contributed by atoms with Crippen molar-refractivity contribution in [3.8, 4) is 5.75 Å². The van der Waals surface area contributed by atoms with Gasteiger partial charge in [-0.1, -0.05) is 35.6 Å². The number of carbonyl (C=O) groups excluding carboxylic acids is 1. The van der Waals surface area contributed by atoms with Gasteiger partial charge in [-0.15, -0.1) is 0 Å². The van der Waals surface area contributed by atoms with Crippen molar-refractivity contribution in [3.63, 3.8) is 0 Å². The molecule has 0 unspecified atom stereocenters. The second kappa shape index (κ2) is 10.5. The fourth-order valence-corrected chi connectivity index (χ4v) is 5.20. The fraction of sp³-hybridized carbons (Fsp3) is 0.296. The molecule has 37 heavy (non-hydrogen) atoms. The number of nitrogens with zero attached hydrogens (tertiary/aromatic N) is 3. The molecule has 2 heterocycles. The van der Waals surface area contributed by atoms with Crippen LogP contribution in [0.5, 0.6) is 5.75 Å². The third kappa shape index (κ3) is 5.24. The van der Waals surface area contributed by atoms with E-state index in [1.807, 2.05) is 19.1 Å². The lowest BCUT2D eigenvalue weighted by molar-refractivity contribution is -0.385. The molecular formula is C27H27N3O6S. The van der Waals surface area contributed by atoms with E-state index in [2.05, 4.69) is 4.99 Å². The minimum absolute atomic E-state index is 0.0247. The van der Waals surface area contributed by atoms with Crippen LogP contribution in [0.3, 0.4) is 0 Å². The van der Waals surface area contributed by atoms with Gasteiger partial charge >= 0.3 is 5.97 Å². The van der Waals surface area contributed by atoms with E-state index in [0.29, 0.717) is 44.1 Å². The zero-order valence-corrected chi connectivity index (χ0v) is 22.0. The maximum absolute atomic E-state index is 13.7. The summed E-state index contributed by atoms with van der Waals surface area (Å²) in [5.41, 5.74) is 2.12. The molecule has 10 heteroatoms. The standard InChI is InChI=1S/C27H27N3O6S/c1-6-35-20-11-9-19(10-12-20)24-23(26(32)36-15(2)3)17(5)28-27-29(24)25(31)22(37-27)14-18-8-7-16(4)21(13-18)30(33)34/h7-15,24H,6H2,1-5H3/b22-14-/t24-/m0/s1. The number of aryl methyl sites for hydroxylation is 1. The lowest BCUT2D eigenvalue weighted by Gasteiger charge is -2.25. The molecule has 1 aliphatic rings. The van der Waals surface area contributed by atoms with Crippen LogP contribution in [-0.2, 0) is 9.53 Å². The first-order valence-electron chi connectivity index (χ1n) is 11.8. The van der Waals surface area contributed by atoms with Crippen LogP contribution in [0.1, 0.15) is 50.4 Å². The number of nitro groups is 1. The Balaban J connectivity index is 1.91. The van der Waals surface area contributed by atoms with Crippen molar-refractivity contribution in [2.45, 2.75) is 46.8 Å². The molecule has 0 bridgehead atoms. The quantitative estimate of drug-likeness (QED) is 0.266. The first-order valence-corrected chi connectivity index (χ1v) is 12.6. The summed E-state index contributed by atoms with van der Waals surface area (Å²) in [7, 11) is 0. The smallest absolute Gasteiger partial charge is 0.338 e. The van der Waals surface area contributed by atoms with E-state index in [-0.39, 0.29) is 22.9 Å². The highest BCUT2D eigenvalue weighted by atomic mass is 32.1. The Labute approximate surface area is 217 Å². The molecule has 0 aliphatic carbocycles. The number of ether oxygens (including phenoxy) is 2. The van der Waals surface area contributed by atoms with Gasteiger partial charge in [-0.2, -0.15) is 0 Å².